The second-order valence-electron chi connectivity index (χ2n) is 19.2. The maximum absolute atomic E-state index is 6.84. The van der Waals surface area contributed by atoms with E-state index in [2.05, 4.69) is 219 Å². The Balaban J connectivity index is 0.00000528. The molecule has 0 fully saturated rings. The normalized spacial score (nSPS) is 13.8. The van der Waals surface area contributed by atoms with E-state index >= 15 is 0 Å². The molecule has 0 unspecified atom stereocenters. The fourth-order valence-electron chi connectivity index (χ4n) is 7.98. The molecular weight excluding hydrogens is 904 g/mol. The molecule has 306 valence electrons. The molecular formula is C53H55N4OPt-3. The number of aromatic nitrogens is 2. The van der Waals surface area contributed by atoms with E-state index < -0.39 is 0 Å². The summed E-state index contributed by atoms with van der Waals surface area (Å²) in [5.74, 6) is 2.11. The van der Waals surface area contributed by atoms with Crippen molar-refractivity contribution in [3.63, 3.8) is 0 Å². The number of rotatable bonds is 7. The third kappa shape index (κ3) is 8.11. The Hall–Kier alpha value is -5.12. The van der Waals surface area contributed by atoms with E-state index in [1.54, 1.807) is 0 Å². The fraction of sp³-hybridized carbons (Fsp3) is 0.283. The van der Waals surface area contributed by atoms with Crippen molar-refractivity contribution >= 4 is 33.2 Å². The van der Waals surface area contributed by atoms with Crippen LogP contribution in [0.25, 0.3) is 27.6 Å². The quantitative estimate of drug-likeness (QED) is 0.149. The van der Waals surface area contributed by atoms with E-state index in [0.29, 0.717) is 11.5 Å². The zero-order chi connectivity index (χ0) is 41.2. The molecule has 0 radical (unpaired) electrons. The van der Waals surface area contributed by atoms with Crippen molar-refractivity contribution in [2.24, 2.45) is 0 Å². The first kappa shape index (κ1) is 42.0. The predicted molar refractivity (Wildman–Crippen MR) is 242 cm³/mol. The van der Waals surface area contributed by atoms with Gasteiger partial charge in [-0.1, -0.05) is 148 Å². The third-order valence-electron chi connectivity index (χ3n) is 11.4. The molecule has 5 aromatic carbocycles. The zero-order valence-electron chi connectivity index (χ0n) is 36.2. The van der Waals surface area contributed by atoms with Crippen molar-refractivity contribution in [1.82, 2.24) is 9.55 Å². The summed E-state index contributed by atoms with van der Waals surface area (Å²) < 4.78 is 9.08. The van der Waals surface area contributed by atoms with Crippen LogP contribution < -0.4 is 14.5 Å². The molecule has 8 rings (SSSR count). The van der Waals surface area contributed by atoms with Gasteiger partial charge in [-0.05, 0) is 74.9 Å². The first-order chi connectivity index (χ1) is 27.4. The van der Waals surface area contributed by atoms with Crippen LogP contribution in [0.15, 0.2) is 133 Å². The van der Waals surface area contributed by atoms with Gasteiger partial charge in [0.25, 0.3) is 0 Å². The minimum Gasteiger partial charge on any atom is -0.509 e. The number of allylic oxidation sites excluding steroid dienone is 1. The Kier molecular flexibility index (Phi) is 11.0. The number of fused-ring (bicyclic) bond motifs is 3. The molecule has 0 N–H and O–H groups in total. The Labute approximate surface area is 366 Å². The number of pyridine rings is 1. The van der Waals surface area contributed by atoms with Gasteiger partial charge in [-0.15, -0.1) is 48.3 Å². The van der Waals surface area contributed by atoms with E-state index in [0.717, 1.165) is 39.3 Å². The van der Waals surface area contributed by atoms with E-state index in [4.69, 9.17) is 9.72 Å². The van der Waals surface area contributed by atoms with E-state index in [1.807, 2.05) is 18.3 Å². The largest absolute Gasteiger partial charge is 0.509 e. The van der Waals surface area contributed by atoms with Gasteiger partial charge in [0.05, 0.1) is 0 Å². The maximum atomic E-state index is 6.84. The summed E-state index contributed by atoms with van der Waals surface area (Å²) in [4.78, 5) is 9.41. The molecule has 0 saturated heterocycles. The molecule has 0 atom stereocenters. The standard InChI is InChI=1S/C53H55N4O.Pt/c1-50(2,3)37-21-17-22-39(29-37)55-34-47(53(10,11)36-19-13-12-14-20-36)56(35-55)40-23-18-24-41(31-40)58-42-32-44(52(7,8)9)49-43-25-15-16-26-45(43)57(46(49)33-42)48-30-38(27-28-54-48)51(4,5)6;/h12-30,32,34-35H,1-11H3;/q-3;. The minimum atomic E-state index is -0.328. The number of hydrogen-bond donors (Lipinski definition) is 0. The molecule has 1 aliphatic rings. The van der Waals surface area contributed by atoms with Crippen LogP contribution in [0.4, 0.5) is 11.4 Å². The van der Waals surface area contributed by atoms with Gasteiger partial charge in [0.2, 0.25) is 0 Å². The third-order valence-corrected chi connectivity index (χ3v) is 11.4. The van der Waals surface area contributed by atoms with Crippen LogP contribution in [-0.2, 0) is 42.7 Å². The second kappa shape index (κ2) is 15.5. The minimum absolute atomic E-state index is 0. The number of benzene rings is 5. The summed E-state index contributed by atoms with van der Waals surface area (Å²) >= 11 is 0. The Morgan fingerprint density at radius 2 is 1.27 bits per heavy atom. The van der Waals surface area contributed by atoms with Crippen molar-refractivity contribution in [1.29, 1.82) is 0 Å². The summed E-state index contributed by atoms with van der Waals surface area (Å²) in [6.07, 6.45) is 4.18. The van der Waals surface area contributed by atoms with Gasteiger partial charge in [0, 0.05) is 61.1 Å². The number of hydrogen-bond acceptors (Lipinski definition) is 4. The maximum Gasteiger partial charge on any atom is 0.135 e. The molecule has 59 heavy (non-hydrogen) atoms. The molecule has 2 aromatic heterocycles. The van der Waals surface area contributed by atoms with E-state index in [9.17, 15) is 0 Å². The smallest absolute Gasteiger partial charge is 0.135 e. The summed E-state index contributed by atoms with van der Waals surface area (Å²) in [6.45, 7) is 27.0. The average Bonchev–Trinajstić information content (AvgIpc) is 3.78. The van der Waals surface area contributed by atoms with Gasteiger partial charge in [0.1, 0.15) is 5.82 Å². The molecule has 3 heterocycles. The number of nitrogens with zero attached hydrogens (tertiary/aromatic N) is 4. The van der Waals surface area contributed by atoms with Crippen LogP contribution >= 0.6 is 0 Å². The second-order valence-corrected chi connectivity index (χ2v) is 19.2. The van der Waals surface area contributed by atoms with Crippen LogP contribution in [0.5, 0.6) is 11.5 Å². The molecule has 6 heteroatoms. The predicted octanol–water partition coefficient (Wildman–Crippen LogP) is 13.7. The molecule has 0 aliphatic carbocycles. The van der Waals surface area contributed by atoms with Gasteiger partial charge in [-0.25, -0.2) is 4.98 Å². The van der Waals surface area contributed by atoms with Crippen molar-refractivity contribution in [2.45, 2.75) is 97.8 Å². The van der Waals surface area contributed by atoms with Gasteiger partial charge in [-0.3, -0.25) is 0 Å². The van der Waals surface area contributed by atoms with Crippen LogP contribution in [0.1, 0.15) is 98.4 Å². The Morgan fingerprint density at radius 3 is 1.98 bits per heavy atom. The Bertz CT molecular complexity index is 2670. The number of anilines is 2. The van der Waals surface area contributed by atoms with Crippen molar-refractivity contribution in [2.75, 3.05) is 9.80 Å². The molecule has 0 saturated carbocycles. The number of para-hydroxylation sites is 1. The SMILES string of the molecule is CC(C)(C)c1cccc(N2C=C(C(C)(C)c3ccccc3)N(c3[c-]c(Oc4[c-]c5c(c(C(C)(C)C)c4)c4ccccc4n5-c4cc(C(C)(C)C)ccn4)ccc3)[CH-]2)c1.[Pt]. The molecule has 7 aromatic rings. The molecule has 0 spiro atoms. The van der Waals surface area contributed by atoms with Crippen molar-refractivity contribution in [3.8, 4) is 17.3 Å². The molecule has 0 bridgehead atoms. The van der Waals surface area contributed by atoms with Crippen molar-refractivity contribution in [3.05, 3.63) is 174 Å². The monoisotopic (exact) mass is 958 g/mol. The summed E-state index contributed by atoms with van der Waals surface area (Å²) in [6, 6.07) is 48.1. The molecule has 5 nitrogen and oxygen atoms in total. The van der Waals surface area contributed by atoms with Crippen molar-refractivity contribution < 1.29 is 25.8 Å². The average molecular weight is 959 g/mol. The first-order valence-electron chi connectivity index (χ1n) is 20.4. The van der Waals surface area contributed by atoms with Gasteiger partial charge in [-0.2, -0.15) is 6.07 Å². The molecule has 1 aliphatic heterocycles. The first-order valence-corrected chi connectivity index (χ1v) is 20.4. The summed E-state index contributed by atoms with van der Waals surface area (Å²) in [5, 5.41) is 2.33. The van der Waals surface area contributed by atoms with Crippen LogP contribution in [0, 0.1) is 18.8 Å². The van der Waals surface area contributed by atoms with Crippen LogP contribution in [-0.4, -0.2) is 9.55 Å². The zero-order valence-corrected chi connectivity index (χ0v) is 38.5. The van der Waals surface area contributed by atoms with Gasteiger partial charge in [0.15, 0.2) is 0 Å². The van der Waals surface area contributed by atoms with Crippen LogP contribution in [0.2, 0.25) is 0 Å². The summed E-state index contributed by atoms with van der Waals surface area (Å²) in [5.41, 5.74) is 9.56. The van der Waals surface area contributed by atoms with Gasteiger partial charge >= 0.3 is 0 Å². The topological polar surface area (TPSA) is 33.5 Å². The fourth-order valence-corrected chi connectivity index (χ4v) is 7.98. The van der Waals surface area contributed by atoms with E-state index in [-0.39, 0.29) is 42.7 Å². The van der Waals surface area contributed by atoms with Crippen LogP contribution in [0.3, 0.4) is 0 Å². The Morgan fingerprint density at radius 1 is 0.610 bits per heavy atom. The van der Waals surface area contributed by atoms with E-state index in [1.165, 1.54) is 27.6 Å². The molecule has 0 amide bonds. The van der Waals surface area contributed by atoms with Gasteiger partial charge < -0.3 is 19.1 Å². The summed E-state index contributed by atoms with van der Waals surface area (Å²) in [7, 11) is 0. The number of ether oxygens (including phenoxy) is 1.